The van der Waals surface area contributed by atoms with Crippen LogP contribution in [0, 0.1) is 6.92 Å². The standard InChI is InChI=1S/C14H25N5O/c1-9-11(15)17-13(14(2,3)4)18-12(9)19(6)8-7-10(20)16-5/h7-8H2,1-6H3,(H,16,20)(H2,15,17,18). The highest BCUT2D eigenvalue weighted by Gasteiger charge is 2.21. The Balaban J connectivity index is 3.04. The molecule has 0 saturated carbocycles. The molecule has 0 aliphatic carbocycles. The highest BCUT2D eigenvalue weighted by Crippen LogP contribution is 2.26. The molecule has 3 N–H and O–H groups in total. The van der Waals surface area contributed by atoms with Gasteiger partial charge in [0, 0.05) is 38.0 Å². The third-order valence-corrected chi connectivity index (χ3v) is 3.14. The van der Waals surface area contributed by atoms with Gasteiger partial charge in [-0.1, -0.05) is 20.8 Å². The van der Waals surface area contributed by atoms with Crippen LogP contribution in [0.4, 0.5) is 11.6 Å². The van der Waals surface area contributed by atoms with Crippen molar-refractivity contribution in [2.75, 3.05) is 31.3 Å². The minimum absolute atomic E-state index is 0.00701. The van der Waals surface area contributed by atoms with Crippen molar-refractivity contribution in [1.29, 1.82) is 0 Å². The first-order chi connectivity index (χ1) is 9.16. The van der Waals surface area contributed by atoms with Gasteiger partial charge in [0.15, 0.2) is 0 Å². The highest BCUT2D eigenvalue weighted by atomic mass is 16.1. The van der Waals surface area contributed by atoms with Crippen molar-refractivity contribution in [3.8, 4) is 0 Å². The maximum atomic E-state index is 11.3. The van der Waals surface area contributed by atoms with Crippen LogP contribution in [0.3, 0.4) is 0 Å². The van der Waals surface area contributed by atoms with Gasteiger partial charge in [-0.25, -0.2) is 9.97 Å². The molecule has 20 heavy (non-hydrogen) atoms. The molecule has 1 amide bonds. The maximum absolute atomic E-state index is 11.3. The van der Waals surface area contributed by atoms with Crippen molar-refractivity contribution in [3.05, 3.63) is 11.4 Å². The van der Waals surface area contributed by atoms with Gasteiger partial charge in [-0.15, -0.1) is 0 Å². The smallest absolute Gasteiger partial charge is 0.221 e. The molecule has 0 atom stereocenters. The van der Waals surface area contributed by atoms with Gasteiger partial charge in [0.05, 0.1) is 0 Å². The highest BCUT2D eigenvalue weighted by molar-refractivity contribution is 5.76. The Morgan fingerprint density at radius 2 is 1.95 bits per heavy atom. The van der Waals surface area contributed by atoms with Crippen LogP contribution in [0.1, 0.15) is 38.6 Å². The normalized spacial score (nSPS) is 11.3. The minimum atomic E-state index is -0.168. The summed E-state index contributed by atoms with van der Waals surface area (Å²) in [6, 6.07) is 0. The molecule has 0 bridgehead atoms. The molecule has 6 heteroatoms. The molecule has 0 radical (unpaired) electrons. The van der Waals surface area contributed by atoms with Crippen LogP contribution >= 0.6 is 0 Å². The van der Waals surface area contributed by atoms with Crippen LogP contribution in [0.25, 0.3) is 0 Å². The van der Waals surface area contributed by atoms with Gasteiger partial charge < -0.3 is 16.0 Å². The molecule has 0 aliphatic heterocycles. The molecule has 1 heterocycles. The summed E-state index contributed by atoms with van der Waals surface area (Å²) in [5.74, 6) is 1.99. The number of nitrogens with zero attached hydrogens (tertiary/aromatic N) is 3. The second-order valence-electron chi connectivity index (χ2n) is 5.98. The summed E-state index contributed by atoms with van der Waals surface area (Å²) in [6.07, 6.45) is 0.418. The third kappa shape index (κ3) is 3.82. The molecule has 0 fully saturated rings. The molecule has 1 rings (SSSR count). The number of carbonyl (C=O) groups is 1. The molecule has 0 aromatic carbocycles. The summed E-state index contributed by atoms with van der Waals surface area (Å²) < 4.78 is 0. The van der Waals surface area contributed by atoms with E-state index in [1.165, 1.54) is 0 Å². The van der Waals surface area contributed by atoms with E-state index in [4.69, 9.17) is 5.73 Å². The number of nitrogens with one attached hydrogen (secondary N) is 1. The van der Waals surface area contributed by atoms with E-state index >= 15 is 0 Å². The zero-order valence-corrected chi connectivity index (χ0v) is 13.2. The lowest BCUT2D eigenvalue weighted by Crippen LogP contribution is -2.29. The van der Waals surface area contributed by atoms with E-state index in [2.05, 4.69) is 15.3 Å². The van der Waals surface area contributed by atoms with Crippen LogP contribution < -0.4 is 16.0 Å². The van der Waals surface area contributed by atoms with Gasteiger partial charge in [-0.2, -0.15) is 0 Å². The van der Waals surface area contributed by atoms with E-state index in [1.54, 1.807) is 7.05 Å². The Kier molecular flexibility index (Phi) is 4.92. The molecular weight excluding hydrogens is 254 g/mol. The first-order valence-electron chi connectivity index (χ1n) is 6.73. The van der Waals surface area contributed by atoms with E-state index < -0.39 is 0 Å². The predicted octanol–water partition coefficient (Wildman–Crippen LogP) is 1.24. The molecule has 112 valence electrons. The SMILES string of the molecule is CNC(=O)CCN(C)c1nc(C(C)(C)C)nc(N)c1C. The van der Waals surface area contributed by atoms with Gasteiger partial charge in [0.2, 0.25) is 5.91 Å². The Bertz CT molecular complexity index is 493. The predicted molar refractivity (Wildman–Crippen MR) is 81.8 cm³/mol. The van der Waals surface area contributed by atoms with Gasteiger partial charge >= 0.3 is 0 Å². The van der Waals surface area contributed by atoms with Crippen molar-refractivity contribution in [3.63, 3.8) is 0 Å². The average Bonchev–Trinajstić information content (AvgIpc) is 2.37. The zero-order valence-electron chi connectivity index (χ0n) is 13.2. The lowest BCUT2D eigenvalue weighted by Gasteiger charge is -2.24. The fourth-order valence-electron chi connectivity index (χ4n) is 1.73. The summed E-state index contributed by atoms with van der Waals surface area (Å²) in [6.45, 7) is 8.62. The largest absolute Gasteiger partial charge is 0.383 e. The van der Waals surface area contributed by atoms with Crippen molar-refractivity contribution in [1.82, 2.24) is 15.3 Å². The number of amides is 1. The molecule has 1 aromatic heterocycles. The average molecular weight is 279 g/mol. The van der Waals surface area contributed by atoms with Crippen molar-refractivity contribution >= 4 is 17.5 Å². The fourth-order valence-corrected chi connectivity index (χ4v) is 1.73. The summed E-state index contributed by atoms with van der Waals surface area (Å²) in [5, 5.41) is 2.61. The Hall–Kier alpha value is -1.85. The summed E-state index contributed by atoms with van der Waals surface area (Å²) >= 11 is 0. The van der Waals surface area contributed by atoms with Crippen LogP contribution in [0.15, 0.2) is 0 Å². The lowest BCUT2D eigenvalue weighted by atomic mass is 9.95. The number of rotatable bonds is 4. The number of aromatic nitrogens is 2. The molecule has 6 nitrogen and oxygen atoms in total. The fraction of sp³-hybridized carbons (Fsp3) is 0.643. The second-order valence-corrected chi connectivity index (χ2v) is 5.98. The van der Waals surface area contributed by atoms with Crippen LogP contribution in [-0.2, 0) is 10.2 Å². The van der Waals surface area contributed by atoms with E-state index in [9.17, 15) is 4.79 Å². The maximum Gasteiger partial charge on any atom is 0.221 e. The molecule has 1 aromatic rings. The van der Waals surface area contributed by atoms with Gasteiger partial charge in [0.25, 0.3) is 0 Å². The summed E-state index contributed by atoms with van der Waals surface area (Å²) in [7, 11) is 3.54. The van der Waals surface area contributed by atoms with Crippen molar-refractivity contribution in [2.24, 2.45) is 0 Å². The summed E-state index contributed by atoms with van der Waals surface area (Å²) in [5.41, 5.74) is 6.66. The number of nitrogen functional groups attached to an aromatic ring is 1. The Morgan fingerprint density at radius 1 is 1.35 bits per heavy atom. The summed E-state index contributed by atoms with van der Waals surface area (Å²) in [4.78, 5) is 22.2. The topological polar surface area (TPSA) is 84.1 Å². The number of nitrogens with two attached hydrogens (primary N) is 1. The quantitative estimate of drug-likeness (QED) is 0.866. The van der Waals surface area contributed by atoms with Gasteiger partial charge in [0.1, 0.15) is 17.5 Å². The monoisotopic (exact) mass is 279 g/mol. The molecule has 0 saturated heterocycles. The van der Waals surface area contributed by atoms with Crippen molar-refractivity contribution < 1.29 is 4.79 Å². The minimum Gasteiger partial charge on any atom is -0.383 e. The van der Waals surface area contributed by atoms with E-state index in [-0.39, 0.29) is 11.3 Å². The van der Waals surface area contributed by atoms with Crippen LogP contribution in [-0.4, -0.2) is 36.5 Å². The number of carbonyl (C=O) groups excluding carboxylic acids is 1. The van der Waals surface area contributed by atoms with E-state index in [0.29, 0.717) is 24.6 Å². The van der Waals surface area contributed by atoms with Crippen LogP contribution in [0.5, 0.6) is 0 Å². The van der Waals surface area contributed by atoms with Gasteiger partial charge in [-0.3, -0.25) is 4.79 Å². The first-order valence-corrected chi connectivity index (χ1v) is 6.73. The Morgan fingerprint density at radius 3 is 2.45 bits per heavy atom. The Labute approximate surface area is 120 Å². The van der Waals surface area contributed by atoms with Gasteiger partial charge in [-0.05, 0) is 6.92 Å². The molecule has 0 aliphatic rings. The molecule has 0 spiro atoms. The third-order valence-electron chi connectivity index (χ3n) is 3.14. The van der Waals surface area contributed by atoms with Crippen LogP contribution in [0.2, 0.25) is 0 Å². The first kappa shape index (κ1) is 16.2. The van der Waals surface area contributed by atoms with E-state index in [0.717, 1.165) is 11.4 Å². The number of anilines is 2. The lowest BCUT2D eigenvalue weighted by molar-refractivity contribution is -0.120. The van der Waals surface area contributed by atoms with Crippen molar-refractivity contribution in [2.45, 2.75) is 39.5 Å². The molecular formula is C14H25N5O. The second kappa shape index (κ2) is 6.07. The van der Waals surface area contributed by atoms with E-state index in [1.807, 2.05) is 39.6 Å². The number of hydrogen-bond donors (Lipinski definition) is 2. The number of hydrogen-bond acceptors (Lipinski definition) is 5. The zero-order chi connectivity index (χ0) is 15.5. The molecule has 0 unspecified atom stereocenters.